The Morgan fingerprint density at radius 2 is 1.18 bits per heavy atom. The summed E-state index contributed by atoms with van der Waals surface area (Å²) < 4.78 is 25.5. The second-order valence-electron chi connectivity index (χ2n) is 4.17. The van der Waals surface area contributed by atoms with Gasteiger partial charge in [0, 0.05) is 0 Å². The minimum Gasteiger partial charge on any atom is -0.402 e. The van der Waals surface area contributed by atoms with Crippen LogP contribution in [0.2, 0.25) is 0 Å². The van der Waals surface area contributed by atoms with Gasteiger partial charge in [-0.05, 0) is 23.3 Å². The molecule has 2 aromatic rings. The number of phosphoric acid groups is 1. The molecule has 0 amide bonds. The molecule has 6 heteroatoms. The predicted octanol–water partition coefficient (Wildman–Crippen LogP) is 4.96. The van der Waals surface area contributed by atoms with E-state index in [0.29, 0.717) is 0 Å². The van der Waals surface area contributed by atoms with Crippen LogP contribution in [0.15, 0.2) is 73.2 Å². The van der Waals surface area contributed by atoms with Crippen molar-refractivity contribution in [2.45, 2.75) is 0 Å². The summed E-state index contributed by atoms with van der Waals surface area (Å²) in [6.07, 6.45) is 5.41. The topological polar surface area (TPSA) is 65.0 Å². The molecule has 22 heavy (non-hydrogen) atoms. The van der Waals surface area contributed by atoms with E-state index in [1.54, 1.807) is 12.2 Å². The first kappa shape index (κ1) is 16.0. The monoisotopic (exact) mass is 318 g/mol. The smallest absolute Gasteiger partial charge is 0.402 e. The van der Waals surface area contributed by atoms with Gasteiger partial charge in [0.05, 0.1) is 12.5 Å². The second kappa shape index (κ2) is 8.20. The highest BCUT2D eigenvalue weighted by molar-refractivity contribution is 7.48. The van der Waals surface area contributed by atoms with Gasteiger partial charge in [0.1, 0.15) is 0 Å². The average molecular weight is 318 g/mol. The molecule has 0 saturated heterocycles. The second-order valence-corrected chi connectivity index (χ2v) is 5.65. The highest BCUT2D eigenvalue weighted by atomic mass is 31.2. The van der Waals surface area contributed by atoms with E-state index in [4.69, 9.17) is 14.3 Å². The summed E-state index contributed by atoms with van der Waals surface area (Å²) in [4.78, 5) is 0. The molecule has 5 nitrogen and oxygen atoms in total. The zero-order chi connectivity index (χ0) is 15.7. The van der Waals surface area contributed by atoms with E-state index >= 15 is 0 Å². The van der Waals surface area contributed by atoms with Crippen molar-refractivity contribution in [1.29, 1.82) is 0 Å². The SMILES string of the molecule is O=P(OO)(O/C=C/c1ccccc1)O/C=C/c1ccccc1. The Kier molecular flexibility index (Phi) is 5.98. The van der Waals surface area contributed by atoms with Crippen LogP contribution in [-0.4, -0.2) is 5.26 Å². The zero-order valence-corrected chi connectivity index (χ0v) is 12.5. The van der Waals surface area contributed by atoms with Crippen LogP contribution >= 0.6 is 7.82 Å². The number of rotatable bonds is 7. The molecule has 0 fully saturated rings. The fourth-order valence-corrected chi connectivity index (χ4v) is 2.11. The fourth-order valence-electron chi connectivity index (χ4n) is 1.56. The molecule has 0 aliphatic carbocycles. The van der Waals surface area contributed by atoms with Crippen molar-refractivity contribution < 1.29 is 23.5 Å². The van der Waals surface area contributed by atoms with Crippen molar-refractivity contribution in [1.82, 2.24) is 0 Å². The van der Waals surface area contributed by atoms with Gasteiger partial charge in [0.15, 0.2) is 0 Å². The molecule has 0 aliphatic heterocycles. The van der Waals surface area contributed by atoms with E-state index in [2.05, 4.69) is 4.67 Å². The van der Waals surface area contributed by atoms with Gasteiger partial charge in [-0.2, -0.15) is 0 Å². The molecule has 0 aromatic heterocycles. The molecule has 0 unspecified atom stereocenters. The van der Waals surface area contributed by atoms with Crippen LogP contribution < -0.4 is 0 Å². The maximum absolute atomic E-state index is 11.9. The van der Waals surface area contributed by atoms with Gasteiger partial charge < -0.3 is 9.05 Å². The third-order valence-corrected chi connectivity index (χ3v) is 3.56. The Labute approximate surface area is 128 Å². The minimum atomic E-state index is -4.09. The minimum absolute atomic E-state index is 0.840. The molecule has 0 atom stereocenters. The highest BCUT2D eigenvalue weighted by Gasteiger charge is 2.27. The Hall–Kier alpha value is -2.33. The Bertz CT molecular complexity index is 612. The van der Waals surface area contributed by atoms with Crippen LogP contribution in [0.5, 0.6) is 0 Å². The van der Waals surface area contributed by atoms with E-state index in [9.17, 15) is 4.57 Å². The van der Waals surface area contributed by atoms with E-state index in [-0.39, 0.29) is 0 Å². The van der Waals surface area contributed by atoms with Crippen LogP contribution in [-0.2, 0) is 18.3 Å². The lowest BCUT2D eigenvalue weighted by atomic mass is 10.2. The molecule has 0 aliphatic rings. The molecule has 0 heterocycles. The average Bonchev–Trinajstić information content (AvgIpc) is 2.57. The molecular weight excluding hydrogens is 303 g/mol. The molecule has 0 bridgehead atoms. The summed E-state index contributed by atoms with van der Waals surface area (Å²) in [7, 11) is -4.09. The first-order valence-electron chi connectivity index (χ1n) is 6.45. The molecule has 2 rings (SSSR count). The lowest BCUT2D eigenvalue weighted by Crippen LogP contribution is -1.89. The first-order chi connectivity index (χ1) is 10.7. The van der Waals surface area contributed by atoms with Crippen LogP contribution in [0.3, 0.4) is 0 Å². The quantitative estimate of drug-likeness (QED) is 0.338. The third-order valence-electron chi connectivity index (χ3n) is 2.60. The predicted molar refractivity (Wildman–Crippen MR) is 84.4 cm³/mol. The number of hydrogen-bond donors (Lipinski definition) is 1. The lowest BCUT2D eigenvalue weighted by Gasteiger charge is -2.10. The molecule has 1 N–H and O–H groups in total. The van der Waals surface area contributed by atoms with Gasteiger partial charge in [-0.25, -0.2) is 9.82 Å². The van der Waals surface area contributed by atoms with Crippen molar-refractivity contribution in [2.24, 2.45) is 0 Å². The van der Waals surface area contributed by atoms with Gasteiger partial charge in [0.2, 0.25) is 0 Å². The van der Waals surface area contributed by atoms with Gasteiger partial charge in [-0.3, -0.25) is 0 Å². The van der Waals surface area contributed by atoms with Crippen molar-refractivity contribution in [3.63, 3.8) is 0 Å². The summed E-state index contributed by atoms with van der Waals surface area (Å²) in [5.74, 6) is 0. The Balaban J connectivity index is 1.93. The van der Waals surface area contributed by atoms with Crippen molar-refractivity contribution >= 4 is 20.0 Å². The highest BCUT2D eigenvalue weighted by Crippen LogP contribution is 2.49. The normalized spacial score (nSPS) is 11.9. The largest absolute Gasteiger partial charge is 0.614 e. The molecule has 0 spiro atoms. The van der Waals surface area contributed by atoms with E-state index in [0.717, 1.165) is 23.7 Å². The van der Waals surface area contributed by atoms with E-state index < -0.39 is 7.82 Å². The summed E-state index contributed by atoms with van der Waals surface area (Å²) in [6.45, 7) is 0. The summed E-state index contributed by atoms with van der Waals surface area (Å²) in [5, 5.41) is 8.70. The zero-order valence-electron chi connectivity index (χ0n) is 11.6. The van der Waals surface area contributed by atoms with Crippen molar-refractivity contribution in [2.75, 3.05) is 0 Å². The Morgan fingerprint density at radius 3 is 1.55 bits per heavy atom. The number of benzene rings is 2. The van der Waals surface area contributed by atoms with Crippen LogP contribution in [0.4, 0.5) is 0 Å². The maximum atomic E-state index is 11.9. The van der Waals surface area contributed by atoms with Gasteiger partial charge >= 0.3 is 7.82 Å². The van der Waals surface area contributed by atoms with Crippen LogP contribution in [0, 0.1) is 0 Å². The molecule has 114 valence electrons. The van der Waals surface area contributed by atoms with Crippen molar-refractivity contribution in [3.8, 4) is 0 Å². The van der Waals surface area contributed by atoms with Gasteiger partial charge in [-0.1, -0.05) is 60.7 Å². The first-order valence-corrected chi connectivity index (χ1v) is 7.91. The summed E-state index contributed by atoms with van der Waals surface area (Å²) in [6, 6.07) is 18.5. The third kappa shape index (κ3) is 5.22. The van der Waals surface area contributed by atoms with E-state index in [1.165, 1.54) is 0 Å². The molecule has 2 aromatic carbocycles. The molecular formula is C16H15O5P. The number of hydrogen-bond acceptors (Lipinski definition) is 5. The van der Waals surface area contributed by atoms with Gasteiger partial charge in [0.25, 0.3) is 0 Å². The summed E-state index contributed by atoms with van der Waals surface area (Å²) >= 11 is 0. The van der Waals surface area contributed by atoms with Crippen LogP contribution in [0.1, 0.15) is 11.1 Å². The fraction of sp³-hybridized carbons (Fsp3) is 0. The van der Waals surface area contributed by atoms with Gasteiger partial charge in [-0.15, -0.1) is 4.67 Å². The maximum Gasteiger partial charge on any atom is 0.614 e. The van der Waals surface area contributed by atoms with Crippen molar-refractivity contribution in [3.05, 3.63) is 84.3 Å². The Morgan fingerprint density at radius 1 is 0.773 bits per heavy atom. The lowest BCUT2D eigenvalue weighted by molar-refractivity contribution is -0.159. The summed E-state index contributed by atoms with van der Waals surface area (Å²) in [5.41, 5.74) is 1.68. The van der Waals surface area contributed by atoms with E-state index in [1.807, 2.05) is 60.7 Å². The molecule has 0 radical (unpaired) electrons. The standard InChI is InChI=1S/C16H15O5P/c17-21-22(18,19-13-11-15-7-3-1-4-8-15)20-14-12-16-9-5-2-6-10-16/h1-14,17H/b13-11+,14-12+. The van der Waals surface area contributed by atoms with Crippen LogP contribution in [0.25, 0.3) is 12.2 Å². The number of phosphoric ester groups is 1. The molecule has 0 saturated carbocycles.